The van der Waals surface area contributed by atoms with E-state index in [0.717, 1.165) is 16.8 Å². The number of aromatic nitrogens is 3. The molecular formula is C21H20F2N4O3S. The summed E-state index contributed by atoms with van der Waals surface area (Å²) in [6.07, 6.45) is 5.29. The summed E-state index contributed by atoms with van der Waals surface area (Å²) in [5.74, 6) is 0.0644. The lowest BCUT2D eigenvalue weighted by Crippen LogP contribution is -2.28. The van der Waals surface area contributed by atoms with Crippen molar-refractivity contribution in [3.63, 3.8) is 0 Å². The smallest absolute Gasteiger partial charge is 0.387 e. The molecule has 3 aromatic rings. The van der Waals surface area contributed by atoms with Crippen LogP contribution in [0, 0.1) is 0 Å². The van der Waals surface area contributed by atoms with Crippen LogP contribution in [0.5, 0.6) is 5.75 Å². The van der Waals surface area contributed by atoms with Crippen LogP contribution in [-0.2, 0) is 16.4 Å². The second-order valence-electron chi connectivity index (χ2n) is 7.12. The summed E-state index contributed by atoms with van der Waals surface area (Å²) in [5.41, 5.74) is 3.07. The van der Waals surface area contributed by atoms with E-state index in [0.29, 0.717) is 12.0 Å². The van der Waals surface area contributed by atoms with E-state index in [1.54, 1.807) is 30.1 Å². The average Bonchev–Trinajstić information content (AvgIpc) is 3.27. The number of allylic oxidation sites excluding steroid dienone is 1. The average molecular weight is 446 g/mol. The molecule has 1 N–H and O–H groups in total. The number of aryl methyl sites for hydroxylation is 1. The molecule has 4 rings (SSSR count). The molecule has 0 aliphatic heterocycles. The number of sulfonamides is 1. The molecule has 1 aromatic heterocycles. The van der Waals surface area contributed by atoms with Crippen molar-refractivity contribution >= 4 is 16.1 Å². The molecule has 0 saturated heterocycles. The van der Waals surface area contributed by atoms with Crippen LogP contribution in [0.1, 0.15) is 36.1 Å². The van der Waals surface area contributed by atoms with Crippen molar-refractivity contribution in [1.29, 1.82) is 0 Å². The molecular weight excluding hydrogens is 426 g/mol. The molecule has 0 radical (unpaired) electrons. The third kappa shape index (κ3) is 4.80. The van der Waals surface area contributed by atoms with Crippen LogP contribution in [0.3, 0.4) is 0 Å². The lowest BCUT2D eigenvalue weighted by molar-refractivity contribution is -0.0498. The van der Waals surface area contributed by atoms with Gasteiger partial charge in [0, 0.05) is 6.04 Å². The quantitative estimate of drug-likeness (QED) is 0.596. The van der Waals surface area contributed by atoms with Gasteiger partial charge in [0.05, 0.1) is 10.6 Å². The molecule has 0 saturated carbocycles. The fraction of sp³-hybridized carbons (Fsp3) is 0.238. The number of alkyl halides is 2. The summed E-state index contributed by atoms with van der Waals surface area (Å²) in [6.45, 7) is -1.13. The van der Waals surface area contributed by atoms with E-state index in [4.69, 9.17) is 0 Å². The number of nitrogens with zero attached hydrogens (tertiary/aromatic N) is 3. The number of hydrogen-bond acceptors (Lipinski definition) is 5. The fourth-order valence-corrected chi connectivity index (χ4v) is 4.87. The second-order valence-corrected chi connectivity index (χ2v) is 8.89. The van der Waals surface area contributed by atoms with Gasteiger partial charge < -0.3 is 4.74 Å². The van der Waals surface area contributed by atoms with E-state index in [9.17, 15) is 17.2 Å². The van der Waals surface area contributed by atoms with Crippen LogP contribution in [0.4, 0.5) is 8.78 Å². The molecule has 0 spiro atoms. The molecule has 0 bridgehead atoms. The van der Waals surface area contributed by atoms with E-state index in [1.807, 2.05) is 24.3 Å². The second kappa shape index (κ2) is 8.56. The highest BCUT2D eigenvalue weighted by molar-refractivity contribution is 7.93. The number of fused-ring (bicyclic) bond motifs is 1. The van der Waals surface area contributed by atoms with Gasteiger partial charge in [0.25, 0.3) is 0 Å². The van der Waals surface area contributed by atoms with Gasteiger partial charge in [0.1, 0.15) is 18.4 Å². The zero-order chi connectivity index (χ0) is 22.0. The van der Waals surface area contributed by atoms with Crippen molar-refractivity contribution < 1.29 is 21.9 Å². The standard InChI is InChI=1S/C21H20F2N4O3S/c1-14(15-2-6-18(7-3-15)27-13-24-12-25-27)26-31(28,29)20-9-5-16-10-19(30-21(22)23)8-4-17(16)11-20/h2-4,6-8,10-14,21,26H,5,9H2,1H3. The van der Waals surface area contributed by atoms with E-state index in [1.165, 1.54) is 18.5 Å². The highest BCUT2D eigenvalue weighted by Crippen LogP contribution is 2.31. The van der Waals surface area contributed by atoms with Gasteiger partial charge >= 0.3 is 6.61 Å². The molecule has 1 unspecified atom stereocenters. The van der Waals surface area contributed by atoms with Gasteiger partial charge in [-0.2, -0.15) is 13.9 Å². The number of nitrogens with one attached hydrogen (secondary N) is 1. The third-order valence-corrected chi connectivity index (χ3v) is 6.73. The molecule has 1 aliphatic rings. The lowest BCUT2D eigenvalue weighted by atomic mass is 9.97. The number of halogens is 2. The van der Waals surface area contributed by atoms with Crippen molar-refractivity contribution in [2.24, 2.45) is 0 Å². The molecule has 10 heteroatoms. The lowest BCUT2D eigenvalue weighted by Gasteiger charge is -2.20. The van der Waals surface area contributed by atoms with Crippen molar-refractivity contribution in [3.05, 3.63) is 76.7 Å². The largest absolute Gasteiger partial charge is 0.435 e. The van der Waals surface area contributed by atoms with Crippen molar-refractivity contribution in [2.75, 3.05) is 0 Å². The molecule has 7 nitrogen and oxygen atoms in total. The Hall–Kier alpha value is -3.11. The van der Waals surface area contributed by atoms with Crippen molar-refractivity contribution in [1.82, 2.24) is 19.5 Å². The Balaban J connectivity index is 1.49. The highest BCUT2D eigenvalue weighted by atomic mass is 32.2. The molecule has 0 amide bonds. The van der Waals surface area contributed by atoms with Gasteiger partial charge in [0.15, 0.2) is 0 Å². The Bertz CT molecular complexity index is 1190. The minimum Gasteiger partial charge on any atom is -0.435 e. The number of rotatable bonds is 7. The number of hydrogen-bond donors (Lipinski definition) is 1. The SMILES string of the molecule is CC(NS(=O)(=O)C1=Cc2ccc(OC(F)F)cc2CC1)c1ccc(-n2cncn2)cc1. The van der Waals surface area contributed by atoms with Gasteiger partial charge in [-0.25, -0.2) is 22.8 Å². The number of benzene rings is 2. The molecule has 162 valence electrons. The maximum absolute atomic E-state index is 12.9. The molecule has 0 fully saturated rings. The van der Waals surface area contributed by atoms with Gasteiger partial charge in [0.2, 0.25) is 10.0 Å². The Morgan fingerprint density at radius 3 is 2.58 bits per heavy atom. The summed E-state index contributed by atoms with van der Waals surface area (Å²) < 4.78 is 59.4. The normalized spacial score (nSPS) is 14.8. The molecule has 1 heterocycles. The monoisotopic (exact) mass is 446 g/mol. The van der Waals surface area contributed by atoms with Gasteiger partial charge in [-0.3, -0.25) is 0 Å². The maximum Gasteiger partial charge on any atom is 0.387 e. The van der Waals surface area contributed by atoms with Crippen LogP contribution < -0.4 is 9.46 Å². The predicted octanol–water partition coefficient (Wildman–Crippen LogP) is 3.84. The third-order valence-electron chi connectivity index (χ3n) is 5.05. The summed E-state index contributed by atoms with van der Waals surface area (Å²) >= 11 is 0. The molecule has 2 aromatic carbocycles. The van der Waals surface area contributed by atoms with Gasteiger partial charge in [-0.05, 0) is 66.8 Å². The van der Waals surface area contributed by atoms with E-state index >= 15 is 0 Å². The van der Waals surface area contributed by atoms with Crippen LogP contribution in [0.25, 0.3) is 11.8 Å². The Morgan fingerprint density at radius 2 is 1.90 bits per heavy atom. The summed E-state index contributed by atoms with van der Waals surface area (Å²) in [5, 5.41) is 4.06. The summed E-state index contributed by atoms with van der Waals surface area (Å²) in [4.78, 5) is 4.16. The first kappa shape index (κ1) is 21.1. The van der Waals surface area contributed by atoms with Gasteiger partial charge in [-0.1, -0.05) is 18.2 Å². The van der Waals surface area contributed by atoms with Gasteiger partial charge in [-0.15, -0.1) is 0 Å². The van der Waals surface area contributed by atoms with Crippen LogP contribution >= 0.6 is 0 Å². The topological polar surface area (TPSA) is 86.1 Å². The minimum absolute atomic E-state index is 0.0644. The summed E-state index contributed by atoms with van der Waals surface area (Å²) in [7, 11) is -3.72. The van der Waals surface area contributed by atoms with E-state index < -0.39 is 22.7 Å². The first-order valence-corrected chi connectivity index (χ1v) is 11.1. The first-order chi connectivity index (χ1) is 14.8. The zero-order valence-corrected chi connectivity index (χ0v) is 17.4. The Labute approximate surface area is 178 Å². The number of ether oxygens (including phenoxy) is 1. The molecule has 1 atom stereocenters. The highest BCUT2D eigenvalue weighted by Gasteiger charge is 2.24. The van der Waals surface area contributed by atoms with E-state index in [-0.39, 0.29) is 17.1 Å². The summed E-state index contributed by atoms with van der Waals surface area (Å²) in [6, 6.07) is 11.4. The predicted molar refractivity (Wildman–Crippen MR) is 111 cm³/mol. The van der Waals surface area contributed by atoms with Crippen LogP contribution in [-0.4, -0.2) is 29.8 Å². The minimum atomic E-state index is -3.72. The van der Waals surface area contributed by atoms with Crippen molar-refractivity contribution in [2.45, 2.75) is 32.4 Å². The molecule has 1 aliphatic carbocycles. The van der Waals surface area contributed by atoms with Crippen LogP contribution in [0.2, 0.25) is 0 Å². The maximum atomic E-state index is 12.9. The van der Waals surface area contributed by atoms with E-state index in [2.05, 4.69) is 19.5 Å². The fourth-order valence-electron chi connectivity index (χ4n) is 3.46. The first-order valence-electron chi connectivity index (χ1n) is 9.57. The molecule has 31 heavy (non-hydrogen) atoms. The van der Waals surface area contributed by atoms with Crippen molar-refractivity contribution in [3.8, 4) is 11.4 Å². The Morgan fingerprint density at radius 1 is 1.13 bits per heavy atom. The zero-order valence-electron chi connectivity index (χ0n) is 16.6. The Kier molecular flexibility index (Phi) is 5.84. The van der Waals surface area contributed by atoms with Crippen LogP contribution in [0.15, 0.2) is 60.0 Å².